The fraction of sp³-hybridized carbons (Fsp3) is 0.464. The minimum Gasteiger partial charge on any atom is -0.480 e. The number of fused-ring (bicyclic) bond motifs is 1. The quantitative estimate of drug-likeness (QED) is 0.558. The smallest absolute Gasteiger partial charge is 0.324 e. The summed E-state index contributed by atoms with van der Waals surface area (Å²) in [6, 6.07) is 12.2. The number of rotatable bonds is 5. The molecule has 3 fully saturated rings. The lowest BCUT2D eigenvalue weighted by atomic mass is 9.72. The van der Waals surface area contributed by atoms with Gasteiger partial charge in [-0.1, -0.05) is 74.0 Å². The molecule has 1 saturated carbocycles. The fourth-order valence-corrected chi connectivity index (χ4v) is 6.67. The average Bonchev–Trinajstić information content (AvgIpc) is 3.31. The second kappa shape index (κ2) is 9.07. The summed E-state index contributed by atoms with van der Waals surface area (Å²) in [7, 11) is 0. The molecule has 1 aliphatic carbocycles. The van der Waals surface area contributed by atoms with E-state index in [9.17, 15) is 19.5 Å². The van der Waals surface area contributed by atoms with Crippen LogP contribution in [0, 0.1) is 31.6 Å². The highest BCUT2D eigenvalue weighted by atomic mass is 35.5. The third-order valence-corrected chi connectivity index (χ3v) is 8.72. The second-order valence-corrected chi connectivity index (χ2v) is 10.8. The normalized spacial score (nSPS) is 29.0. The molecule has 2 saturated heterocycles. The van der Waals surface area contributed by atoms with Crippen LogP contribution in [0.4, 0.5) is 5.69 Å². The Balaban J connectivity index is 1.63. The van der Waals surface area contributed by atoms with Gasteiger partial charge in [-0.2, -0.15) is 0 Å². The number of hydrogen-bond donors (Lipinski definition) is 2. The van der Waals surface area contributed by atoms with Crippen molar-refractivity contribution >= 4 is 35.1 Å². The van der Waals surface area contributed by atoms with Crippen molar-refractivity contribution in [2.24, 2.45) is 17.8 Å². The summed E-state index contributed by atoms with van der Waals surface area (Å²) >= 11 is 6.33. The Morgan fingerprint density at radius 1 is 1.06 bits per heavy atom. The van der Waals surface area contributed by atoms with Gasteiger partial charge >= 0.3 is 5.97 Å². The van der Waals surface area contributed by atoms with Crippen molar-refractivity contribution < 1.29 is 19.5 Å². The lowest BCUT2D eigenvalue weighted by molar-refractivity contribution is -0.150. The van der Waals surface area contributed by atoms with E-state index in [0.29, 0.717) is 17.1 Å². The molecule has 35 heavy (non-hydrogen) atoms. The maximum absolute atomic E-state index is 14.0. The molecule has 0 radical (unpaired) electrons. The predicted molar refractivity (Wildman–Crippen MR) is 134 cm³/mol. The number of carboxylic acids is 1. The molecular formula is C28H31ClN2O4. The number of hydrogen-bond acceptors (Lipinski definition) is 4. The van der Waals surface area contributed by atoms with Crippen LogP contribution in [-0.2, 0) is 14.4 Å². The molecule has 4 atom stereocenters. The predicted octanol–water partition coefficient (Wildman–Crippen LogP) is 5.20. The maximum atomic E-state index is 14.0. The van der Waals surface area contributed by atoms with Gasteiger partial charge in [-0.15, -0.1) is 0 Å². The van der Waals surface area contributed by atoms with Crippen molar-refractivity contribution in [2.75, 3.05) is 4.90 Å². The first-order valence-corrected chi connectivity index (χ1v) is 12.8. The molecule has 2 aliphatic heterocycles. The zero-order valence-corrected chi connectivity index (χ0v) is 20.8. The van der Waals surface area contributed by atoms with E-state index in [1.165, 1.54) is 4.90 Å². The lowest BCUT2D eigenvalue weighted by Crippen LogP contribution is -2.57. The van der Waals surface area contributed by atoms with E-state index in [0.717, 1.165) is 48.8 Å². The number of imide groups is 1. The summed E-state index contributed by atoms with van der Waals surface area (Å²) in [5.41, 5.74) is 1.55. The Labute approximate surface area is 210 Å². The Hall–Kier alpha value is -2.70. The maximum Gasteiger partial charge on any atom is 0.324 e. The molecule has 5 rings (SSSR count). The number of anilines is 1. The summed E-state index contributed by atoms with van der Waals surface area (Å²) in [6.45, 7) is 3.80. The van der Waals surface area contributed by atoms with Crippen molar-refractivity contribution in [1.82, 2.24) is 5.32 Å². The molecule has 184 valence electrons. The number of aryl methyl sites for hydroxylation is 2. The van der Waals surface area contributed by atoms with Crippen LogP contribution in [0.1, 0.15) is 61.3 Å². The number of carbonyl (C=O) groups is 3. The van der Waals surface area contributed by atoms with Gasteiger partial charge in [0.25, 0.3) is 0 Å². The van der Waals surface area contributed by atoms with Crippen LogP contribution in [0.15, 0.2) is 42.5 Å². The molecule has 2 N–H and O–H groups in total. The molecular weight excluding hydrogens is 464 g/mol. The third kappa shape index (κ3) is 3.87. The number of carboxylic acid groups (broad SMARTS) is 1. The summed E-state index contributed by atoms with van der Waals surface area (Å²) in [5, 5.41) is 14.5. The van der Waals surface area contributed by atoms with Gasteiger partial charge in [0.2, 0.25) is 11.8 Å². The minimum absolute atomic E-state index is 0.203. The zero-order chi connectivity index (χ0) is 24.9. The first-order chi connectivity index (χ1) is 16.7. The van der Waals surface area contributed by atoms with Gasteiger partial charge in [-0.05, 0) is 55.0 Å². The third-order valence-electron chi connectivity index (χ3n) is 8.31. The summed E-state index contributed by atoms with van der Waals surface area (Å²) in [5.74, 6) is -3.47. The van der Waals surface area contributed by atoms with E-state index < -0.39 is 35.3 Å². The van der Waals surface area contributed by atoms with Crippen molar-refractivity contribution in [2.45, 2.75) is 64.0 Å². The first kappa shape index (κ1) is 24.0. The summed E-state index contributed by atoms with van der Waals surface area (Å²) in [6.07, 6.45) is 5.52. The van der Waals surface area contributed by atoms with Crippen LogP contribution < -0.4 is 10.2 Å². The topological polar surface area (TPSA) is 86.7 Å². The van der Waals surface area contributed by atoms with E-state index in [1.807, 2.05) is 38.1 Å². The number of halogens is 1. The molecule has 0 aromatic heterocycles. The van der Waals surface area contributed by atoms with Gasteiger partial charge in [0.15, 0.2) is 0 Å². The monoisotopic (exact) mass is 494 g/mol. The number of carbonyl (C=O) groups excluding carboxylic acids is 2. The van der Waals surface area contributed by atoms with Crippen LogP contribution in [-0.4, -0.2) is 28.4 Å². The first-order valence-electron chi connectivity index (χ1n) is 12.4. The largest absolute Gasteiger partial charge is 0.480 e. The van der Waals surface area contributed by atoms with Crippen LogP contribution in [0.3, 0.4) is 0 Å². The SMILES string of the molecule is Cc1ccc(N2C(=O)C3C(c4ccccc4C)NC(CC4CCCCC4)(C(=O)O)C3C2=O)cc1Cl. The zero-order valence-electron chi connectivity index (χ0n) is 20.1. The molecule has 6 nitrogen and oxygen atoms in total. The molecule has 4 unspecified atom stereocenters. The molecule has 2 aromatic rings. The van der Waals surface area contributed by atoms with Crippen LogP contribution in [0.25, 0.3) is 0 Å². The highest BCUT2D eigenvalue weighted by molar-refractivity contribution is 6.32. The van der Waals surface area contributed by atoms with Crippen molar-refractivity contribution in [3.63, 3.8) is 0 Å². The van der Waals surface area contributed by atoms with Gasteiger partial charge < -0.3 is 5.11 Å². The average molecular weight is 495 g/mol. The van der Waals surface area contributed by atoms with E-state index >= 15 is 0 Å². The number of amides is 2. The van der Waals surface area contributed by atoms with E-state index in [2.05, 4.69) is 5.32 Å². The van der Waals surface area contributed by atoms with Crippen LogP contribution >= 0.6 is 11.6 Å². The molecule has 0 spiro atoms. The molecule has 2 heterocycles. The number of benzene rings is 2. The highest BCUT2D eigenvalue weighted by Crippen LogP contribution is 2.53. The van der Waals surface area contributed by atoms with Crippen molar-refractivity contribution in [3.05, 3.63) is 64.2 Å². The Morgan fingerprint density at radius 2 is 1.77 bits per heavy atom. The van der Waals surface area contributed by atoms with Gasteiger partial charge in [-0.3, -0.25) is 19.7 Å². The number of nitrogens with zero attached hydrogens (tertiary/aromatic N) is 1. The van der Waals surface area contributed by atoms with Gasteiger partial charge in [-0.25, -0.2) is 4.90 Å². The Morgan fingerprint density at radius 3 is 2.43 bits per heavy atom. The van der Waals surface area contributed by atoms with E-state index in [1.54, 1.807) is 18.2 Å². The molecule has 2 amide bonds. The van der Waals surface area contributed by atoms with Gasteiger partial charge in [0, 0.05) is 11.1 Å². The molecule has 2 aromatic carbocycles. The second-order valence-electron chi connectivity index (χ2n) is 10.4. The molecule has 7 heteroatoms. The summed E-state index contributed by atoms with van der Waals surface area (Å²) < 4.78 is 0. The Bertz CT molecular complexity index is 1190. The number of nitrogens with one attached hydrogen (secondary N) is 1. The highest BCUT2D eigenvalue weighted by Gasteiger charge is 2.69. The lowest BCUT2D eigenvalue weighted by Gasteiger charge is -2.35. The van der Waals surface area contributed by atoms with Gasteiger partial charge in [0.1, 0.15) is 5.54 Å². The van der Waals surface area contributed by atoms with Crippen LogP contribution in [0.2, 0.25) is 5.02 Å². The minimum atomic E-state index is -1.50. The molecule has 0 bridgehead atoms. The molecule has 3 aliphatic rings. The van der Waals surface area contributed by atoms with Crippen molar-refractivity contribution in [3.8, 4) is 0 Å². The fourth-order valence-electron chi connectivity index (χ4n) is 6.50. The van der Waals surface area contributed by atoms with E-state index in [4.69, 9.17) is 11.6 Å². The van der Waals surface area contributed by atoms with Crippen LogP contribution in [0.5, 0.6) is 0 Å². The summed E-state index contributed by atoms with van der Waals surface area (Å²) in [4.78, 5) is 42.1. The Kier molecular flexibility index (Phi) is 6.22. The van der Waals surface area contributed by atoms with E-state index in [-0.39, 0.29) is 11.8 Å². The number of aliphatic carboxylic acids is 1. The van der Waals surface area contributed by atoms with Crippen molar-refractivity contribution in [1.29, 1.82) is 0 Å². The standard InChI is InChI=1S/C28H31ClN2O4/c1-16-8-6-7-11-20(16)24-22-23(28(30-24,27(34)35)15-18-9-4-3-5-10-18)26(33)31(25(22)32)19-13-12-17(2)21(29)14-19/h6-8,11-14,18,22-24,30H,3-5,9-10,15H2,1-2H3,(H,34,35). The van der Waals surface area contributed by atoms with Gasteiger partial charge in [0.05, 0.1) is 17.5 Å².